The fourth-order valence-corrected chi connectivity index (χ4v) is 4.35. The summed E-state index contributed by atoms with van der Waals surface area (Å²) in [4.78, 5) is 29.4. The van der Waals surface area contributed by atoms with E-state index < -0.39 is 16.7 Å². The average molecular weight is 504 g/mol. The number of aromatic nitrogens is 2. The predicted octanol–water partition coefficient (Wildman–Crippen LogP) is 3.00. The first kappa shape index (κ1) is 27.0. The molecule has 10 heteroatoms. The van der Waals surface area contributed by atoms with Crippen molar-refractivity contribution < 1.29 is 18.3 Å². The molecule has 1 aromatic heterocycles. The van der Waals surface area contributed by atoms with Crippen molar-refractivity contribution in [3.63, 3.8) is 0 Å². The van der Waals surface area contributed by atoms with Gasteiger partial charge in [0.2, 0.25) is 0 Å². The number of carbonyl (C=O) groups is 1. The van der Waals surface area contributed by atoms with Crippen LogP contribution in [0, 0.1) is 5.92 Å². The standard InChI is InChI=1S/C25H36N4O5S/c1-18(2)15-29-23(30)21(14-22(26-29)20-8-6-19(7-9-20)17-35(32)33)16-27-10-12-28(13-11-27)24(31)34-25(3,4)5/h6-9,14,18H,10-13,15-17H2,1-5H3,(H,32,33)/p-1. The SMILES string of the molecule is CC(C)Cn1nc(-c2ccc(CS(=O)[O-])cc2)cc(CN2CCN(C(=O)OC(C)(C)C)CC2)c1=O. The number of rotatable bonds is 7. The molecule has 0 aliphatic carbocycles. The smallest absolute Gasteiger partial charge is 0.410 e. The minimum atomic E-state index is -2.15. The summed E-state index contributed by atoms with van der Waals surface area (Å²) in [5.41, 5.74) is 2.18. The molecule has 3 rings (SSSR count). The summed E-state index contributed by atoms with van der Waals surface area (Å²) in [7, 11) is 0. The van der Waals surface area contributed by atoms with Crippen LogP contribution in [-0.4, -0.2) is 66.2 Å². The van der Waals surface area contributed by atoms with Crippen LogP contribution in [0.15, 0.2) is 35.1 Å². The number of nitrogens with zero attached hydrogens (tertiary/aromatic N) is 4. The van der Waals surface area contributed by atoms with Crippen LogP contribution in [0.1, 0.15) is 45.7 Å². The van der Waals surface area contributed by atoms with Gasteiger partial charge < -0.3 is 14.2 Å². The van der Waals surface area contributed by atoms with Crippen LogP contribution in [0.2, 0.25) is 0 Å². The summed E-state index contributed by atoms with van der Waals surface area (Å²) in [5.74, 6) is 0.205. The normalized spacial score (nSPS) is 15.9. The lowest BCUT2D eigenvalue weighted by molar-refractivity contribution is 0.0138. The van der Waals surface area contributed by atoms with Gasteiger partial charge in [-0.25, -0.2) is 9.48 Å². The van der Waals surface area contributed by atoms with E-state index in [1.54, 1.807) is 17.0 Å². The van der Waals surface area contributed by atoms with Crippen LogP contribution in [0.4, 0.5) is 4.79 Å². The van der Waals surface area contributed by atoms with Gasteiger partial charge >= 0.3 is 6.09 Å². The topological polar surface area (TPSA) is 108 Å². The molecule has 1 unspecified atom stereocenters. The second kappa shape index (κ2) is 11.5. The third-order valence-corrected chi connectivity index (χ3v) is 6.11. The van der Waals surface area contributed by atoms with E-state index in [1.807, 2.05) is 52.8 Å². The fraction of sp³-hybridized carbons (Fsp3) is 0.560. The summed E-state index contributed by atoms with van der Waals surface area (Å²) in [6, 6.07) is 9.01. The zero-order chi connectivity index (χ0) is 25.8. The molecule has 2 heterocycles. The van der Waals surface area contributed by atoms with Gasteiger partial charge in [0, 0.05) is 56.1 Å². The first-order chi connectivity index (χ1) is 16.4. The Balaban J connectivity index is 1.78. The van der Waals surface area contributed by atoms with E-state index in [0.717, 1.165) is 5.56 Å². The molecule has 0 spiro atoms. The van der Waals surface area contributed by atoms with Crippen molar-refractivity contribution in [2.75, 3.05) is 26.2 Å². The van der Waals surface area contributed by atoms with Gasteiger partial charge in [-0.1, -0.05) is 49.2 Å². The number of hydrogen-bond donors (Lipinski definition) is 0. The van der Waals surface area contributed by atoms with Crippen LogP contribution in [-0.2, 0) is 34.7 Å². The number of piperazine rings is 1. The second-order valence-corrected chi connectivity index (χ2v) is 11.2. The molecule has 1 fully saturated rings. The molecule has 1 amide bonds. The maximum atomic E-state index is 13.2. The number of hydrogen-bond acceptors (Lipinski definition) is 7. The Morgan fingerprint density at radius 2 is 1.77 bits per heavy atom. The summed E-state index contributed by atoms with van der Waals surface area (Å²) in [6.07, 6.45) is -0.313. The highest BCUT2D eigenvalue weighted by Gasteiger charge is 2.26. The lowest BCUT2D eigenvalue weighted by Gasteiger charge is -2.35. The van der Waals surface area contributed by atoms with E-state index in [0.29, 0.717) is 56.1 Å². The Hall–Kier alpha value is -2.56. The molecule has 0 saturated carbocycles. The van der Waals surface area contributed by atoms with Crippen molar-refractivity contribution in [3.05, 3.63) is 51.8 Å². The van der Waals surface area contributed by atoms with Crippen LogP contribution >= 0.6 is 0 Å². The summed E-state index contributed by atoms with van der Waals surface area (Å²) in [6.45, 7) is 12.9. The van der Waals surface area contributed by atoms with Crippen LogP contribution in [0.3, 0.4) is 0 Å². The largest absolute Gasteiger partial charge is 0.772 e. The molecule has 35 heavy (non-hydrogen) atoms. The number of benzene rings is 1. The van der Waals surface area contributed by atoms with Gasteiger partial charge in [-0.3, -0.25) is 13.9 Å². The number of amides is 1. The van der Waals surface area contributed by atoms with Crippen LogP contribution in [0.5, 0.6) is 0 Å². The van der Waals surface area contributed by atoms with Crippen LogP contribution in [0.25, 0.3) is 11.3 Å². The number of ether oxygens (including phenoxy) is 1. The zero-order valence-corrected chi connectivity index (χ0v) is 22.0. The zero-order valence-electron chi connectivity index (χ0n) is 21.2. The quantitative estimate of drug-likeness (QED) is 0.535. The Bertz CT molecular complexity index is 1100. The van der Waals surface area contributed by atoms with Crippen molar-refractivity contribution in [2.24, 2.45) is 5.92 Å². The highest BCUT2D eigenvalue weighted by molar-refractivity contribution is 7.78. The third-order valence-electron chi connectivity index (χ3n) is 5.54. The van der Waals surface area contributed by atoms with Gasteiger partial charge in [-0.05, 0) is 38.3 Å². The van der Waals surface area contributed by atoms with E-state index in [1.165, 1.54) is 4.68 Å². The Morgan fingerprint density at radius 3 is 2.31 bits per heavy atom. The summed E-state index contributed by atoms with van der Waals surface area (Å²) < 4.78 is 28.9. The molecule has 1 aromatic carbocycles. The van der Waals surface area contributed by atoms with E-state index in [9.17, 15) is 18.4 Å². The monoisotopic (exact) mass is 503 g/mol. The van der Waals surface area contributed by atoms with Gasteiger partial charge in [-0.15, -0.1) is 0 Å². The van der Waals surface area contributed by atoms with Crippen molar-refractivity contribution in [1.29, 1.82) is 0 Å². The van der Waals surface area contributed by atoms with E-state index in [4.69, 9.17) is 4.74 Å². The van der Waals surface area contributed by atoms with Gasteiger partial charge in [0.05, 0.1) is 5.69 Å². The minimum absolute atomic E-state index is 0.0406. The number of carbonyl (C=O) groups excluding carboxylic acids is 1. The third kappa shape index (κ3) is 7.98. The molecular formula is C25H35N4O5S-. The summed E-state index contributed by atoms with van der Waals surface area (Å²) >= 11 is -2.15. The van der Waals surface area contributed by atoms with Crippen molar-refractivity contribution in [3.8, 4) is 11.3 Å². The Kier molecular flexibility index (Phi) is 8.84. The molecule has 1 aliphatic rings. The van der Waals surface area contributed by atoms with Gasteiger partial charge in [0.15, 0.2) is 0 Å². The molecule has 1 saturated heterocycles. The molecule has 9 nitrogen and oxygen atoms in total. The maximum Gasteiger partial charge on any atom is 0.410 e. The van der Waals surface area contributed by atoms with E-state index in [-0.39, 0.29) is 23.3 Å². The fourth-order valence-electron chi connectivity index (χ4n) is 3.88. The van der Waals surface area contributed by atoms with Gasteiger partial charge in [0.25, 0.3) is 5.56 Å². The predicted molar refractivity (Wildman–Crippen MR) is 134 cm³/mol. The highest BCUT2D eigenvalue weighted by atomic mass is 32.2. The second-order valence-electron chi connectivity index (χ2n) is 10.3. The van der Waals surface area contributed by atoms with E-state index in [2.05, 4.69) is 10.00 Å². The Labute approximate surface area is 209 Å². The molecule has 0 N–H and O–H groups in total. The van der Waals surface area contributed by atoms with Crippen LogP contribution < -0.4 is 5.56 Å². The molecule has 192 valence electrons. The van der Waals surface area contributed by atoms with Crippen molar-refractivity contribution in [1.82, 2.24) is 19.6 Å². The molecule has 2 aromatic rings. The van der Waals surface area contributed by atoms with Gasteiger partial charge in [-0.2, -0.15) is 5.10 Å². The average Bonchev–Trinajstić information content (AvgIpc) is 2.75. The van der Waals surface area contributed by atoms with Crippen molar-refractivity contribution in [2.45, 2.75) is 59.1 Å². The molecular weight excluding hydrogens is 468 g/mol. The van der Waals surface area contributed by atoms with E-state index >= 15 is 0 Å². The first-order valence-corrected chi connectivity index (χ1v) is 13.1. The minimum Gasteiger partial charge on any atom is -0.772 e. The first-order valence-electron chi connectivity index (χ1n) is 11.9. The molecule has 1 atom stereocenters. The lowest BCUT2D eigenvalue weighted by Crippen LogP contribution is -2.50. The molecule has 0 radical (unpaired) electrons. The van der Waals surface area contributed by atoms with Crippen molar-refractivity contribution >= 4 is 17.2 Å². The molecule has 1 aliphatic heterocycles. The summed E-state index contributed by atoms with van der Waals surface area (Å²) in [5, 5.41) is 4.59. The highest BCUT2D eigenvalue weighted by Crippen LogP contribution is 2.20. The lowest BCUT2D eigenvalue weighted by atomic mass is 10.1. The molecule has 0 bridgehead atoms. The van der Waals surface area contributed by atoms with Gasteiger partial charge in [0.1, 0.15) is 5.60 Å². The maximum absolute atomic E-state index is 13.2. The Morgan fingerprint density at radius 1 is 1.14 bits per heavy atom.